The molecule has 0 saturated heterocycles. The summed E-state index contributed by atoms with van der Waals surface area (Å²) in [5.41, 5.74) is 9.39. The van der Waals surface area contributed by atoms with Gasteiger partial charge >= 0.3 is 0 Å². The fraction of sp³-hybridized carbons (Fsp3) is 0.214. The number of nitrogens with two attached hydrogens (primary N) is 1. The molecule has 1 unspecified atom stereocenters. The molecule has 2 N–H and O–H groups in total. The van der Waals surface area contributed by atoms with Crippen molar-refractivity contribution in [3.05, 3.63) is 57.8 Å². The molecule has 0 radical (unpaired) electrons. The highest BCUT2D eigenvalue weighted by Gasteiger charge is 2.22. The molecule has 3 rings (SSSR count). The van der Waals surface area contributed by atoms with E-state index < -0.39 is 0 Å². The minimum atomic E-state index is -0.270. The van der Waals surface area contributed by atoms with E-state index in [9.17, 15) is 0 Å². The van der Waals surface area contributed by atoms with Crippen molar-refractivity contribution in [3.63, 3.8) is 0 Å². The Hall–Kier alpha value is -1.39. The molecule has 0 spiro atoms. The smallest absolute Gasteiger partial charge is 0.127 e. The molecule has 0 saturated carbocycles. The highest BCUT2D eigenvalue weighted by atomic mass is 79.9. The fourth-order valence-electron chi connectivity index (χ4n) is 2.26. The zero-order valence-corrected chi connectivity index (χ0v) is 11.4. The van der Waals surface area contributed by atoms with E-state index >= 15 is 0 Å². The summed E-state index contributed by atoms with van der Waals surface area (Å²) >= 11 is 3.49. The van der Waals surface area contributed by atoms with Crippen LogP contribution in [-0.2, 0) is 6.42 Å². The van der Waals surface area contributed by atoms with Gasteiger partial charge in [0.05, 0.1) is 18.3 Å². The van der Waals surface area contributed by atoms with Crippen LogP contribution < -0.4 is 10.5 Å². The molecule has 92 valence electrons. The van der Waals surface area contributed by atoms with Crippen LogP contribution >= 0.6 is 15.9 Å². The first-order chi connectivity index (χ1) is 8.77. The number of fused-ring (bicyclic) bond motifs is 1. The second-order valence-corrected chi connectivity index (χ2v) is 5.14. The summed E-state index contributed by atoms with van der Waals surface area (Å²) in [5.74, 6) is 0.933. The Morgan fingerprint density at radius 2 is 2.17 bits per heavy atom. The molecule has 1 aliphatic rings. The third-order valence-corrected chi connectivity index (χ3v) is 3.83. The molecule has 0 amide bonds. The van der Waals surface area contributed by atoms with Gasteiger partial charge in [0.25, 0.3) is 0 Å². The second-order valence-electron chi connectivity index (χ2n) is 4.28. The summed E-state index contributed by atoms with van der Waals surface area (Å²) in [6.07, 6.45) is 2.71. The van der Waals surface area contributed by atoms with Gasteiger partial charge in [-0.15, -0.1) is 0 Å². The van der Waals surface area contributed by atoms with Crippen molar-refractivity contribution in [2.45, 2.75) is 12.5 Å². The molecule has 4 heteroatoms. The third kappa shape index (κ3) is 1.91. The average molecular weight is 305 g/mol. The number of ether oxygens (including phenoxy) is 1. The van der Waals surface area contributed by atoms with Gasteiger partial charge in [-0.3, -0.25) is 4.98 Å². The van der Waals surface area contributed by atoms with E-state index in [0.29, 0.717) is 0 Å². The number of rotatable bonds is 2. The largest absolute Gasteiger partial charge is 0.493 e. The van der Waals surface area contributed by atoms with Gasteiger partial charge in [-0.2, -0.15) is 0 Å². The number of pyridine rings is 1. The van der Waals surface area contributed by atoms with Crippen LogP contribution in [0.5, 0.6) is 5.75 Å². The first kappa shape index (κ1) is 11.7. The highest BCUT2D eigenvalue weighted by molar-refractivity contribution is 9.10. The van der Waals surface area contributed by atoms with Gasteiger partial charge in [0, 0.05) is 22.7 Å². The van der Waals surface area contributed by atoms with Crippen LogP contribution in [0, 0.1) is 0 Å². The van der Waals surface area contributed by atoms with E-state index in [1.54, 1.807) is 6.20 Å². The standard InChI is InChI=1S/C14H13BrN2O/c15-11-5-2-7-17-13(11)12(16)10-4-1-3-9-6-8-18-14(9)10/h1-5,7,12H,6,8,16H2. The van der Waals surface area contributed by atoms with E-state index in [0.717, 1.165) is 34.5 Å². The summed E-state index contributed by atoms with van der Waals surface area (Å²) in [6, 6.07) is 9.69. The Kier molecular flexibility index (Phi) is 3.06. The molecule has 2 heterocycles. The summed E-state index contributed by atoms with van der Waals surface area (Å²) in [5, 5.41) is 0. The van der Waals surface area contributed by atoms with Crippen LogP contribution in [0.4, 0.5) is 0 Å². The number of nitrogens with zero attached hydrogens (tertiary/aromatic N) is 1. The second kappa shape index (κ2) is 4.71. The van der Waals surface area contributed by atoms with Crippen LogP contribution in [0.25, 0.3) is 0 Å². The van der Waals surface area contributed by atoms with Crippen molar-refractivity contribution in [1.29, 1.82) is 0 Å². The maximum absolute atomic E-state index is 6.32. The minimum absolute atomic E-state index is 0.270. The van der Waals surface area contributed by atoms with Gasteiger partial charge in [-0.25, -0.2) is 0 Å². The van der Waals surface area contributed by atoms with E-state index in [4.69, 9.17) is 10.5 Å². The molecule has 1 aromatic heterocycles. The molecule has 1 aromatic carbocycles. The lowest BCUT2D eigenvalue weighted by molar-refractivity contribution is 0.352. The molecule has 0 bridgehead atoms. The van der Waals surface area contributed by atoms with Gasteiger partial charge in [0.15, 0.2) is 0 Å². The zero-order chi connectivity index (χ0) is 12.5. The Labute approximate surface area is 114 Å². The van der Waals surface area contributed by atoms with Gasteiger partial charge in [0.2, 0.25) is 0 Å². The van der Waals surface area contributed by atoms with Crippen molar-refractivity contribution < 1.29 is 4.74 Å². The summed E-state index contributed by atoms with van der Waals surface area (Å²) in [7, 11) is 0. The zero-order valence-electron chi connectivity index (χ0n) is 9.77. The number of hydrogen-bond acceptors (Lipinski definition) is 3. The van der Waals surface area contributed by atoms with E-state index in [1.165, 1.54) is 5.56 Å². The quantitative estimate of drug-likeness (QED) is 0.928. The maximum Gasteiger partial charge on any atom is 0.127 e. The molecule has 3 nitrogen and oxygen atoms in total. The van der Waals surface area contributed by atoms with Crippen molar-refractivity contribution in [3.8, 4) is 5.75 Å². The van der Waals surface area contributed by atoms with E-state index in [1.807, 2.05) is 24.3 Å². The lowest BCUT2D eigenvalue weighted by atomic mass is 10.00. The van der Waals surface area contributed by atoms with Crippen molar-refractivity contribution >= 4 is 15.9 Å². The minimum Gasteiger partial charge on any atom is -0.493 e. The molecular weight excluding hydrogens is 292 g/mol. The highest BCUT2D eigenvalue weighted by Crippen LogP contribution is 2.35. The Morgan fingerprint density at radius 1 is 1.28 bits per heavy atom. The van der Waals surface area contributed by atoms with Crippen LogP contribution in [-0.4, -0.2) is 11.6 Å². The third-order valence-electron chi connectivity index (χ3n) is 3.16. The number of aromatic nitrogens is 1. The van der Waals surface area contributed by atoms with Gasteiger partial charge < -0.3 is 10.5 Å². The number of halogens is 1. The summed E-state index contributed by atoms with van der Waals surface area (Å²) in [4.78, 5) is 4.35. The van der Waals surface area contributed by atoms with Gasteiger partial charge in [-0.05, 0) is 33.6 Å². The Balaban J connectivity index is 2.06. The first-order valence-electron chi connectivity index (χ1n) is 5.88. The average Bonchev–Trinajstić information content (AvgIpc) is 2.86. The van der Waals surface area contributed by atoms with Crippen LogP contribution in [0.3, 0.4) is 0 Å². The predicted octanol–water partition coefficient (Wildman–Crippen LogP) is 2.83. The maximum atomic E-state index is 6.32. The summed E-state index contributed by atoms with van der Waals surface area (Å²) < 4.78 is 6.61. The molecule has 2 aromatic rings. The lowest BCUT2D eigenvalue weighted by Gasteiger charge is -2.16. The van der Waals surface area contributed by atoms with E-state index in [-0.39, 0.29) is 6.04 Å². The predicted molar refractivity (Wildman–Crippen MR) is 73.6 cm³/mol. The normalized spacial score (nSPS) is 15.0. The van der Waals surface area contributed by atoms with Gasteiger partial charge in [-0.1, -0.05) is 18.2 Å². The monoisotopic (exact) mass is 304 g/mol. The number of para-hydroxylation sites is 1. The molecule has 1 atom stereocenters. The van der Waals surface area contributed by atoms with Crippen molar-refractivity contribution in [1.82, 2.24) is 4.98 Å². The SMILES string of the molecule is NC(c1cccc2c1OCC2)c1ncccc1Br. The Morgan fingerprint density at radius 3 is 3.00 bits per heavy atom. The van der Waals surface area contributed by atoms with E-state index in [2.05, 4.69) is 27.0 Å². The van der Waals surface area contributed by atoms with Crippen LogP contribution in [0.15, 0.2) is 41.0 Å². The number of benzene rings is 1. The molecule has 0 aliphatic carbocycles. The van der Waals surface area contributed by atoms with Crippen molar-refractivity contribution in [2.75, 3.05) is 6.61 Å². The Bertz CT molecular complexity index is 586. The fourth-order valence-corrected chi connectivity index (χ4v) is 2.76. The van der Waals surface area contributed by atoms with Crippen LogP contribution in [0.2, 0.25) is 0 Å². The first-order valence-corrected chi connectivity index (χ1v) is 6.67. The summed E-state index contributed by atoms with van der Waals surface area (Å²) in [6.45, 7) is 0.739. The number of hydrogen-bond donors (Lipinski definition) is 1. The van der Waals surface area contributed by atoms with Crippen LogP contribution in [0.1, 0.15) is 22.9 Å². The molecule has 1 aliphatic heterocycles. The van der Waals surface area contributed by atoms with Gasteiger partial charge in [0.1, 0.15) is 5.75 Å². The topological polar surface area (TPSA) is 48.1 Å². The lowest BCUT2D eigenvalue weighted by Crippen LogP contribution is -2.15. The molecular formula is C14H13BrN2O. The van der Waals surface area contributed by atoms with Crippen molar-refractivity contribution in [2.24, 2.45) is 5.73 Å². The molecule has 0 fully saturated rings. The molecule has 18 heavy (non-hydrogen) atoms.